The van der Waals surface area contributed by atoms with E-state index in [4.69, 9.17) is 9.47 Å². The van der Waals surface area contributed by atoms with Gasteiger partial charge in [-0.15, -0.1) is 0 Å². The van der Waals surface area contributed by atoms with Crippen molar-refractivity contribution < 1.29 is 9.47 Å². The van der Waals surface area contributed by atoms with Gasteiger partial charge in [0.05, 0.1) is 0 Å². The first kappa shape index (κ1) is 28.3. The van der Waals surface area contributed by atoms with Gasteiger partial charge in [-0.25, -0.2) is 0 Å². The molecule has 51 heavy (non-hydrogen) atoms. The molecular weight excluding hydrogens is 619 g/mol. The minimum Gasteiger partial charge on any atom is -0.458 e. The molecule has 0 N–H and O–H groups in total. The molecule has 9 aromatic carbocycles. The SMILES string of the molecule is c1ccc(-c2ccc(-c3c4ccccc4c(-c4cc5c6c(c4)Oc4ccccc4B6c4ccccc4O5)c4ccccc34)c3ccccc23)cc1. The molecule has 0 unspecified atom stereocenters. The Hall–Kier alpha value is -6.58. The zero-order valence-corrected chi connectivity index (χ0v) is 27.6. The summed E-state index contributed by atoms with van der Waals surface area (Å²) in [7, 11) is 0. The van der Waals surface area contributed by atoms with E-state index in [1.54, 1.807) is 0 Å². The van der Waals surface area contributed by atoms with Crippen LogP contribution in [0.3, 0.4) is 0 Å². The lowest BCUT2D eigenvalue weighted by Crippen LogP contribution is -2.57. The van der Waals surface area contributed by atoms with Gasteiger partial charge in [0.15, 0.2) is 0 Å². The first-order chi connectivity index (χ1) is 25.3. The third kappa shape index (κ3) is 4.19. The number of fused-ring (bicyclic) bond motifs is 7. The Bertz CT molecular complexity index is 2750. The lowest BCUT2D eigenvalue weighted by Gasteiger charge is -2.33. The summed E-state index contributed by atoms with van der Waals surface area (Å²) < 4.78 is 13.5. The third-order valence-electron chi connectivity index (χ3n) is 10.8. The normalized spacial score (nSPS) is 12.6. The van der Waals surface area contributed by atoms with Crippen molar-refractivity contribution in [2.75, 3.05) is 0 Å². The Balaban J connectivity index is 1.19. The summed E-state index contributed by atoms with van der Waals surface area (Å²) in [5.74, 6) is 3.48. The van der Waals surface area contributed by atoms with Crippen molar-refractivity contribution in [3.8, 4) is 56.4 Å². The highest BCUT2D eigenvalue weighted by Gasteiger charge is 2.40. The molecule has 2 aliphatic heterocycles. The molecule has 0 aromatic heterocycles. The number of ether oxygens (including phenoxy) is 2. The van der Waals surface area contributed by atoms with Gasteiger partial charge in [-0.2, -0.15) is 0 Å². The van der Waals surface area contributed by atoms with Gasteiger partial charge >= 0.3 is 0 Å². The molecule has 0 radical (unpaired) electrons. The van der Waals surface area contributed by atoms with Gasteiger partial charge in [-0.1, -0.05) is 152 Å². The van der Waals surface area contributed by atoms with Crippen LogP contribution in [-0.4, -0.2) is 6.71 Å². The van der Waals surface area contributed by atoms with E-state index in [9.17, 15) is 0 Å². The molecule has 2 aliphatic rings. The van der Waals surface area contributed by atoms with Crippen LogP contribution in [0.1, 0.15) is 0 Å². The van der Waals surface area contributed by atoms with E-state index in [-0.39, 0.29) is 6.71 Å². The Morgan fingerprint density at radius 2 is 0.745 bits per heavy atom. The predicted octanol–water partition coefficient (Wildman–Crippen LogP) is 10.9. The standard InChI is InChI=1S/C48H29BO2/c1-2-14-30(15-3-1)32-26-27-39(34-17-5-4-16-33(32)34)47-37-20-8-6-18-35(37)46(36-19-7-9-21-38(36)47)31-28-44-48-45(29-31)51-43-25-13-11-23-41(43)49(48)40-22-10-12-24-42(40)50-44/h1-29H. The Kier molecular flexibility index (Phi) is 6.08. The maximum Gasteiger partial charge on any atom is 0.260 e. The van der Waals surface area contributed by atoms with Crippen LogP contribution in [0.5, 0.6) is 23.0 Å². The molecule has 236 valence electrons. The van der Waals surface area contributed by atoms with E-state index >= 15 is 0 Å². The number of hydrogen-bond donors (Lipinski definition) is 0. The Morgan fingerprint density at radius 3 is 1.31 bits per heavy atom. The molecule has 0 bridgehead atoms. The van der Waals surface area contributed by atoms with Gasteiger partial charge in [0.1, 0.15) is 23.0 Å². The molecule has 2 nitrogen and oxygen atoms in total. The van der Waals surface area contributed by atoms with Crippen LogP contribution >= 0.6 is 0 Å². The quantitative estimate of drug-likeness (QED) is 0.140. The van der Waals surface area contributed by atoms with Crippen molar-refractivity contribution in [3.05, 3.63) is 176 Å². The summed E-state index contributed by atoms with van der Waals surface area (Å²) in [4.78, 5) is 0. The fraction of sp³-hybridized carbons (Fsp3) is 0. The largest absolute Gasteiger partial charge is 0.458 e. The van der Waals surface area contributed by atoms with Crippen molar-refractivity contribution in [2.24, 2.45) is 0 Å². The Morgan fingerprint density at radius 1 is 0.314 bits per heavy atom. The summed E-state index contributed by atoms with van der Waals surface area (Å²) in [6.07, 6.45) is 0. The van der Waals surface area contributed by atoms with Crippen LogP contribution in [0.2, 0.25) is 0 Å². The summed E-state index contributed by atoms with van der Waals surface area (Å²) >= 11 is 0. The molecule has 0 saturated carbocycles. The second-order valence-corrected chi connectivity index (χ2v) is 13.5. The van der Waals surface area contributed by atoms with E-state index in [1.807, 2.05) is 0 Å². The topological polar surface area (TPSA) is 18.5 Å². The van der Waals surface area contributed by atoms with E-state index in [0.717, 1.165) is 34.0 Å². The number of hydrogen-bond acceptors (Lipinski definition) is 2. The van der Waals surface area contributed by atoms with Gasteiger partial charge in [-0.3, -0.25) is 0 Å². The summed E-state index contributed by atoms with van der Waals surface area (Å²) in [6, 6.07) is 63.1. The minimum atomic E-state index is 0.0435. The smallest absolute Gasteiger partial charge is 0.260 e. The van der Waals surface area contributed by atoms with E-state index < -0.39 is 0 Å². The first-order valence-electron chi connectivity index (χ1n) is 17.5. The highest BCUT2D eigenvalue weighted by atomic mass is 16.5. The molecule has 0 spiro atoms. The van der Waals surface area contributed by atoms with Gasteiger partial charge < -0.3 is 9.47 Å². The van der Waals surface area contributed by atoms with Gasteiger partial charge in [-0.05, 0) is 101 Å². The lowest BCUT2D eigenvalue weighted by atomic mass is 9.35. The molecular formula is C48H29BO2. The fourth-order valence-electron chi connectivity index (χ4n) is 8.65. The molecule has 0 fully saturated rings. The Labute approximate surface area is 296 Å². The van der Waals surface area contributed by atoms with Crippen molar-refractivity contribution in [2.45, 2.75) is 0 Å². The number of benzene rings is 9. The van der Waals surface area contributed by atoms with E-state index in [1.165, 1.54) is 71.1 Å². The molecule has 0 amide bonds. The van der Waals surface area contributed by atoms with Crippen molar-refractivity contribution >= 4 is 55.4 Å². The van der Waals surface area contributed by atoms with Crippen molar-refractivity contribution in [1.29, 1.82) is 0 Å². The second-order valence-electron chi connectivity index (χ2n) is 13.5. The average molecular weight is 649 g/mol. The fourth-order valence-corrected chi connectivity index (χ4v) is 8.65. The predicted molar refractivity (Wildman–Crippen MR) is 213 cm³/mol. The van der Waals surface area contributed by atoms with Gasteiger partial charge in [0, 0.05) is 5.46 Å². The van der Waals surface area contributed by atoms with E-state index in [2.05, 4.69) is 176 Å². The molecule has 9 aromatic rings. The summed E-state index contributed by atoms with van der Waals surface area (Å²) in [5.41, 5.74) is 10.6. The van der Waals surface area contributed by atoms with Crippen LogP contribution in [0.4, 0.5) is 0 Å². The van der Waals surface area contributed by atoms with Crippen LogP contribution in [-0.2, 0) is 0 Å². The zero-order valence-electron chi connectivity index (χ0n) is 27.6. The highest BCUT2D eigenvalue weighted by molar-refractivity contribution is 6.98. The van der Waals surface area contributed by atoms with E-state index in [0.29, 0.717) is 0 Å². The van der Waals surface area contributed by atoms with Crippen LogP contribution in [0.25, 0.3) is 65.7 Å². The average Bonchev–Trinajstić information content (AvgIpc) is 3.19. The van der Waals surface area contributed by atoms with Crippen LogP contribution in [0.15, 0.2) is 176 Å². The second kappa shape index (κ2) is 11.0. The number of para-hydroxylation sites is 2. The third-order valence-corrected chi connectivity index (χ3v) is 10.8. The molecule has 0 saturated heterocycles. The molecule has 0 aliphatic carbocycles. The van der Waals surface area contributed by atoms with Crippen LogP contribution in [0, 0.1) is 0 Å². The lowest BCUT2D eigenvalue weighted by molar-refractivity contribution is 0.465. The summed E-state index contributed by atoms with van der Waals surface area (Å²) in [5, 5.41) is 7.30. The monoisotopic (exact) mass is 648 g/mol. The number of rotatable bonds is 3. The van der Waals surface area contributed by atoms with Crippen molar-refractivity contribution in [1.82, 2.24) is 0 Å². The molecule has 2 heterocycles. The zero-order chi connectivity index (χ0) is 33.5. The maximum absolute atomic E-state index is 6.73. The molecule has 3 heteroatoms. The minimum absolute atomic E-state index is 0.0435. The van der Waals surface area contributed by atoms with Crippen LogP contribution < -0.4 is 25.9 Å². The first-order valence-corrected chi connectivity index (χ1v) is 17.5. The van der Waals surface area contributed by atoms with Gasteiger partial charge in [0.25, 0.3) is 6.71 Å². The summed E-state index contributed by atoms with van der Waals surface area (Å²) in [6.45, 7) is 0.0435. The molecule has 0 atom stereocenters. The van der Waals surface area contributed by atoms with Crippen molar-refractivity contribution in [3.63, 3.8) is 0 Å². The maximum atomic E-state index is 6.73. The van der Waals surface area contributed by atoms with Gasteiger partial charge in [0.2, 0.25) is 0 Å². The highest BCUT2D eigenvalue weighted by Crippen LogP contribution is 2.48. The molecule has 11 rings (SSSR count).